The third-order valence-corrected chi connectivity index (χ3v) is 20.5. The van der Waals surface area contributed by atoms with E-state index in [9.17, 15) is 0 Å². The lowest BCUT2D eigenvalue weighted by atomic mass is 9.69. The van der Waals surface area contributed by atoms with E-state index in [4.69, 9.17) is 0 Å². The van der Waals surface area contributed by atoms with Crippen LogP contribution in [0, 0.1) is 0 Å². The number of hydrogen-bond donors (Lipinski definition) is 0. The molecule has 0 atom stereocenters. The van der Waals surface area contributed by atoms with Crippen LogP contribution in [0.15, 0.2) is 188 Å². The first kappa shape index (κ1) is 52.3. The molecule has 16 rings (SSSR count). The molecule has 1 spiro atoms. The average molecular weight is 1100 g/mol. The standard InChI is InChI=1S/C85H76/c1-80(2,3)49-31-32-63-72(43-49)85(70-29-20-18-23-54(70)55-24-19-21-30-71(55)85)73-46-69-62-36-35-61-66-45-68-67(44-65(66)60-34-33-59(78(62)79(60)61)58-27-22-28-64(76(58)69)77(63)73)74(47-37-50(81(4,5)6)41-51(38-47)82(7,8)9)56-25-16-17-26-57(56)75(68)48-39-52(83(10,11)12)42-53(40-48)84(13,14)15/h16-46H,1-15H3. The number of hydrogen-bond acceptors (Lipinski definition) is 0. The molecule has 0 unspecified atom stereocenters. The largest absolute Gasteiger partial charge is 0.0726 e. The van der Waals surface area contributed by atoms with Crippen LogP contribution in [0.2, 0.25) is 0 Å². The summed E-state index contributed by atoms with van der Waals surface area (Å²) in [5, 5.41) is 15.9. The van der Waals surface area contributed by atoms with Crippen molar-refractivity contribution >= 4 is 64.6 Å². The van der Waals surface area contributed by atoms with Crippen molar-refractivity contribution in [1.29, 1.82) is 0 Å². The van der Waals surface area contributed by atoms with Crippen molar-refractivity contribution < 1.29 is 0 Å². The molecule has 0 saturated heterocycles. The Balaban J connectivity index is 1.03. The summed E-state index contributed by atoms with van der Waals surface area (Å²) >= 11 is 0. The predicted octanol–water partition coefficient (Wildman–Crippen LogP) is 23.9. The Hall–Kier alpha value is -8.32. The number of rotatable bonds is 2. The molecule has 0 heteroatoms. The molecule has 13 aromatic carbocycles. The smallest absolute Gasteiger partial charge is 0.0619 e. The lowest BCUT2D eigenvalue weighted by molar-refractivity contribution is 0.568. The molecular formula is C85H76. The van der Waals surface area contributed by atoms with E-state index in [0.717, 1.165) is 0 Å². The van der Waals surface area contributed by atoms with E-state index in [-0.39, 0.29) is 27.1 Å². The molecule has 0 aliphatic heterocycles. The van der Waals surface area contributed by atoms with Gasteiger partial charge in [0, 0.05) is 0 Å². The lowest BCUT2D eigenvalue weighted by Crippen LogP contribution is -2.26. The van der Waals surface area contributed by atoms with Crippen LogP contribution in [-0.4, -0.2) is 0 Å². The normalized spacial score (nSPS) is 14.4. The maximum absolute atomic E-state index is 2.67. The van der Waals surface area contributed by atoms with Gasteiger partial charge in [0.25, 0.3) is 0 Å². The molecule has 3 aliphatic carbocycles. The van der Waals surface area contributed by atoms with Crippen molar-refractivity contribution in [3.05, 3.63) is 238 Å². The van der Waals surface area contributed by atoms with Crippen LogP contribution >= 0.6 is 0 Å². The monoisotopic (exact) mass is 1100 g/mol. The van der Waals surface area contributed by atoms with Crippen LogP contribution in [0.5, 0.6) is 0 Å². The van der Waals surface area contributed by atoms with Crippen LogP contribution in [0.4, 0.5) is 0 Å². The van der Waals surface area contributed by atoms with Gasteiger partial charge in [-0.05, 0) is 227 Å². The van der Waals surface area contributed by atoms with E-state index < -0.39 is 5.41 Å². The summed E-state index contributed by atoms with van der Waals surface area (Å²) in [5.41, 5.74) is 27.6. The molecule has 0 saturated carbocycles. The molecule has 416 valence electrons. The van der Waals surface area contributed by atoms with E-state index in [1.54, 1.807) is 0 Å². The zero-order valence-corrected chi connectivity index (χ0v) is 52.4. The van der Waals surface area contributed by atoms with Gasteiger partial charge in [0.2, 0.25) is 0 Å². The number of fused-ring (bicyclic) bond motifs is 18. The van der Waals surface area contributed by atoms with Crippen LogP contribution in [0.1, 0.15) is 154 Å². The molecule has 0 aromatic heterocycles. The summed E-state index contributed by atoms with van der Waals surface area (Å²) < 4.78 is 0. The minimum Gasteiger partial charge on any atom is -0.0619 e. The second kappa shape index (κ2) is 17.0. The molecule has 13 aromatic rings. The van der Waals surface area contributed by atoms with Gasteiger partial charge in [-0.2, -0.15) is 0 Å². The minimum absolute atomic E-state index is 0.0226. The van der Waals surface area contributed by atoms with Crippen molar-refractivity contribution in [3.8, 4) is 66.8 Å². The Kier molecular flexibility index (Phi) is 10.4. The zero-order chi connectivity index (χ0) is 59.0. The van der Waals surface area contributed by atoms with Crippen LogP contribution in [0.25, 0.3) is 131 Å². The molecule has 3 aliphatic rings. The van der Waals surface area contributed by atoms with E-state index in [1.165, 1.54) is 181 Å². The van der Waals surface area contributed by atoms with Crippen molar-refractivity contribution in [1.82, 2.24) is 0 Å². The second-order valence-corrected chi connectivity index (χ2v) is 30.8. The van der Waals surface area contributed by atoms with Gasteiger partial charge in [0.05, 0.1) is 5.41 Å². The average Bonchev–Trinajstić information content (AvgIpc) is 1.53. The maximum atomic E-state index is 2.67. The molecule has 0 bridgehead atoms. The van der Waals surface area contributed by atoms with Gasteiger partial charge < -0.3 is 0 Å². The van der Waals surface area contributed by atoms with E-state index in [1.807, 2.05) is 0 Å². The highest BCUT2D eigenvalue weighted by Crippen LogP contribution is 2.66. The summed E-state index contributed by atoms with van der Waals surface area (Å²) in [4.78, 5) is 0. The first-order chi connectivity index (χ1) is 40.3. The molecule has 0 nitrogen and oxygen atoms in total. The SMILES string of the molecule is CC(C)(C)c1cc(-c2c3ccccc3c(-c3cc(C(C)(C)C)cc(C(C)(C)C)c3)c3cc4c(cc23)-c2ccc3c5cccc6c7c(cc(c8ccc-4c2c38)c65)C2(c3ccccc3-c3ccccc32)c2cc(C(C)(C)C)ccc2-7)cc(C(C)(C)C)c1. The number of benzene rings is 13. The minimum atomic E-state index is -0.482. The Morgan fingerprint density at radius 2 is 0.624 bits per heavy atom. The molecule has 0 heterocycles. The van der Waals surface area contributed by atoms with Crippen molar-refractivity contribution in [2.75, 3.05) is 0 Å². The third kappa shape index (κ3) is 7.15. The zero-order valence-electron chi connectivity index (χ0n) is 52.4. The fourth-order valence-corrected chi connectivity index (χ4v) is 16.0. The quantitative estimate of drug-likeness (QED) is 0.120. The van der Waals surface area contributed by atoms with E-state index in [0.29, 0.717) is 0 Å². The van der Waals surface area contributed by atoms with Crippen LogP contribution in [-0.2, 0) is 32.5 Å². The highest BCUT2D eigenvalue weighted by Gasteiger charge is 2.53. The predicted molar refractivity (Wildman–Crippen MR) is 368 cm³/mol. The molecule has 0 radical (unpaired) electrons. The van der Waals surface area contributed by atoms with Crippen LogP contribution < -0.4 is 0 Å². The fraction of sp³-hybridized carbons (Fsp3) is 0.247. The summed E-state index contributed by atoms with van der Waals surface area (Å²) in [6.45, 7) is 35.5. The van der Waals surface area contributed by atoms with E-state index in [2.05, 4.69) is 292 Å². The summed E-state index contributed by atoms with van der Waals surface area (Å²) in [7, 11) is 0. The molecule has 0 fully saturated rings. The van der Waals surface area contributed by atoms with Crippen molar-refractivity contribution in [3.63, 3.8) is 0 Å². The molecular weight excluding hydrogens is 1020 g/mol. The Morgan fingerprint density at radius 1 is 0.212 bits per heavy atom. The van der Waals surface area contributed by atoms with E-state index >= 15 is 0 Å². The first-order valence-electron chi connectivity index (χ1n) is 31.2. The highest BCUT2D eigenvalue weighted by molar-refractivity contribution is 6.39. The summed E-state index contributed by atoms with van der Waals surface area (Å²) in [6.07, 6.45) is 0. The first-order valence-corrected chi connectivity index (χ1v) is 31.2. The van der Waals surface area contributed by atoms with Crippen molar-refractivity contribution in [2.24, 2.45) is 0 Å². The Labute approximate surface area is 502 Å². The second-order valence-electron chi connectivity index (χ2n) is 30.8. The van der Waals surface area contributed by atoms with Gasteiger partial charge in [0.1, 0.15) is 0 Å². The summed E-state index contributed by atoms with van der Waals surface area (Å²) in [5.74, 6) is 0. The Bertz CT molecular complexity index is 4850. The van der Waals surface area contributed by atoms with Crippen molar-refractivity contribution in [2.45, 2.75) is 136 Å². The molecule has 85 heavy (non-hydrogen) atoms. The van der Waals surface area contributed by atoms with Gasteiger partial charge in [-0.3, -0.25) is 0 Å². The Morgan fingerprint density at radius 3 is 1.11 bits per heavy atom. The summed E-state index contributed by atoms with van der Waals surface area (Å²) in [6, 6.07) is 75.5. The van der Waals surface area contributed by atoms with Gasteiger partial charge in [-0.1, -0.05) is 274 Å². The van der Waals surface area contributed by atoms with Gasteiger partial charge >= 0.3 is 0 Å². The lowest BCUT2D eigenvalue weighted by Gasteiger charge is -2.32. The van der Waals surface area contributed by atoms with Gasteiger partial charge in [-0.25, -0.2) is 0 Å². The topological polar surface area (TPSA) is 0 Å². The maximum Gasteiger partial charge on any atom is 0.0726 e. The third-order valence-electron chi connectivity index (χ3n) is 20.5. The fourth-order valence-electron chi connectivity index (χ4n) is 16.0. The molecule has 0 N–H and O–H groups in total. The van der Waals surface area contributed by atoms with Gasteiger partial charge in [0.15, 0.2) is 0 Å². The van der Waals surface area contributed by atoms with Gasteiger partial charge in [-0.15, -0.1) is 0 Å². The highest BCUT2D eigenvalue weighted by atomic mass is 14.5. The molecule has 0 amide bonds. The van der Waals surface area contributed by atoms with Crippen LogP contribution in [0.3, 0.4) is 0 Å².